The number of carbonyl (C=O) groups is 2. The number of hydrogen-bond donors (Lipinski definition) is 3. The molecule has 0 aliphatic rings. The third kappa shape index (κ3) is 10.7. The zero-order chi connectivity index (χ0) is 32.3. The number of aliphatic hydroxyl groups is 1. The topological polar surface area (TPSA) is 78.4 Å². The maximum absolute atomic E-state index is 12.2. The van der Waals surface area contributed by atoms with E-state index >= 15 is 0 Å². The van der Waals surface area contributed by atoms with Gasteiger partial charge in [0.25, 0.3) is 0 Å². The van der Waals surface area contributed by atoms with Crippen LogP contribution in [0, 0.1) is 10.8 Å². The van der Waals surface area contributed by atoms with Gasteiger partial charge >= 0.3 is 0 Å². The van der Waals surface area contributed by atoms with Gasteiger partial charge in [-0.25, -0.2) is 0 Å². The summed E-state index contributed by atoms with van der Waals surface area (Å²) in [5.74, 6) is -0.0278. The Balaban J connectivity index is 0.000000240. The Kier molecular flexibility index (Phi) is 12.3. The number of alkyl halides is 1. The molecule has 44 heavy (non-hydrogen) atoms. The second-order valence-electron chi connectivity index (χ2n) is 12.9. The lowest BCUT2D eigenvalue weighted by atomic mass is 9.94. The molecule has 0 aliphatic heterocycles. The number of carbonyl (C=O) groups excluding carboxylic acids is 2. The van der Waals surface area contributed by atoms with Gasteiger partial charge in [0.2, 0.25) is 11.8 Å². The van der Waals surface area contributed by atoms with Crippen molar-refractivity contribution < 1.29 is 14.7 Å². The van der Waals surface area contributed by atoms with Crippen molar-refractivity contribution in [3.63, 3.8) is 0 Å². The second kappa shape index (κ2) is 15.7. The minimum atomic E-state index is -0.589. The molecule has 2 amide bonds. The van der Waals surface area contributed by atoms with Crippen LogP contribution in [0.15, 0.2) is 109 Å². The maximum atomic E-state index is 12.2. The van der Waals surface area contributed by atoms with E-state index in [-0.39, 0.29) is 17.2 Å². The molecule has 3 N–H and O–H groups in total. The number of anilines is 2. The van der Waals surface area contributed by atoms with E-state index in [9.17, 15) is 14.7 Å². The number of para-hydroxylation sites is 2. The lowest BCUT2D eigenvalue weighted by Crippen LogP contribution is -2.28. The zero-order valence-electron chi connectivity index (χ0n) is 26.6. The number of rotatable bonds is 8. The molecule has 4 aromatic rings. The fourth-order valence-corrected chi connectivity index (χ4v) is 4.55. The van der Waals surface area contributed by atoms with Crippen molar-refractivity contribution >= 4 is 34.8 Å². The molecule has 0 aromatic heterocycles. The van der Waals surface area contributed by atoms with Crippen molar-refractivity contribution in [2.75, 3.05) is 10.6 Å². The summed E-state index contributed by atoms with van der Waals surface area (Å²) >= 11 is 6.53. The summed E-state index contributed by atoms with van der Waals surface area (Å²) in [7, 11) is 0. The second-order valence-corrected chi connectivity index (χ2v) is 13.5. The van der Waals surface area contributed by atoms with E-state index in [2.05, 4.69) is 10.6 Å². The fourth-order valence-electron chi connectivity index (χ4n) is 4.23. The molecule has 0 saturated carbocycles. The highest BCUT2D eigenvalue weighted by Gasteiger charge is 2.23. The molecule has 0 radical (unpaired) electrons. The van der Waals surface area contributed by atoms with Gasteiger partial charge in [0.15, 0.2) is 0 Å². The van der Waals surface area contributed by atoms with Crippen LogP contribution in [0.3, 0.4) is 0 Å². The molecule has 0 bridgehead atoms. The van der Waals surface area contributed by atoms with Gasteiger partial charge in [-0.1, -0.05) is 139 Å². The molecule has 6 heteroatoms. The molecule has 2 atom stereocenters. The molecule has 232 valence electrons. The van der Waals surface area contributed by atoms with E-state index in [0.717, 1.165) is 33.6 Å². The van der Waals surface area contributed by atoms with Crippen LogP contribution >= 0.6 is 11.6 Å². The Morgan fingerprint density at radius 1 is 0.591 bits per heavy atom. The van der Waals surface area contributed by atoms with Crippen LogP contribution in [0.1, 0.15) is 75.3 Å². The molecule has 0 saturated heterocycles. The summed E-state index contributed by atoms with van der Waals surface area (Å²) in [6.45, 7) is 11.3. The number of aliphatic hydroxyl groups excluding tert-OH is 1. The standard InChI is InChI=1S/C19H22ClNO.C19H23NO2/c1-19(2,3)18(22)21-17-12-8-7-11-15(17)13-16(20)14-9-5-4-6-10-14;1-19(2,3)18(22)20-16-12-8-7-11-15(16)13-17(21)14-9-5-4-6-10-14/h4-12,16H,13H2,1-3H3,(H,21,22);4-12,17,21H,13H2,1-3H3,(H,20,22). The van der Waals surface area contributed by atoms with Gasteiger partial charge < -0.3 is 15.7 Å². The van der Waals surface area contributed by atoms with Crippen LogP contribution in [0.4, 0.5) is 11.4 Å². The van der Waals surface area contributed by atoms with Gasteiger partial charge in [-0.15, -0.1) is 11.6 Å². The van der Waals surface area contributed by atoms with E-state index in [1.165, 1.54) is 0 Å². The Hall–Kier alpha value is -3.93. The number of nitrogens with one attached hydrogen (secondary N) is 2. The summed E-state index contributed by atoms with van der Waals surface area (Å²) in [6, 6.07) is 35.0. The highest BCUT2D eigenvalue weighted by molar-refractivity contribution is 6.21. The smallest absolute Gasteiger partial charge is 0.229 e. The summed E-state index contributed by atoms with van der Waals surface area (Å²) in [6.07, 6.45) is 0.547. The van der Waals surface area contributed by atoms with Crippen LogP contribution in [0.25, 0.3) is 0 Å². The third-order valence-corrected chi connectivity index (χ3v) is 7.46. The van der Waals surface area contributed by atoms with Gasteiger partial charge in [0, 0.05) is 28.6 Å². The van der Waals surface area contributed by atoms with Gasteiger partial charge in [0.05, 0.1) is 11.5 Å². The Morgan fingerprint density at radius 2 is 0.955 bits per heavy atom. The molecule has 0 aliphatic carbocycles. The van der Waals surface area contributed by atoms with E-state index in [4.69, 9.17) is 11.6 Å². The SMILES string of the molecule is CC(C)(C)C(=O)Nc1ccccc1CC(Cl)c1ccccc1.CC(C)(C)C(=O)Nc1ccccc1CC(O)c1ccccc1. The number of amides is 2. The van der Waals surface area contributed by atoms with Crippen molar-refractivity contribution in [2.45, 2.75) is 65.9 Å². The monoisotopic (exact) mass is 612 g/mol. The quantitative estimate of drug-likeness (QED) is 0.174. The molecule has 0 spiro atoms. The van der Waals surface area contributed by atoms with Crippen molar-refractivity contribution in [2.24, 2.45) is 10.8 Å². The summed E-state index contributed by atoms with van der Waals surface area (Å²) in [5.41, 5.74) is 4.65. The van der Waals surface area contributed by atoms with Crippen molar-refractivity contribution in [3.8, 4) is 0 Å². The number of halogens is 1. The van der Waals surface area contributed by atoms with E-state index in [0.29, 0.717) is 12.8 Å². The average Bonchev–Trinajstić information content (AvgIpc) is 2.99. The largest absolute Gasteiger partial charge is 0.388 e. The van der Waals surface area contributed by atoms with Gasteiger partial charge in [-0.2, -0.15) is 0 Å². The predicted molar refractivity (Wildman–Crippen MR) is 183 cm³/mol. The first-order valence-electron chi connectivity index (χ1n) is 15.0. The van der Waals surface area contributed by atoms with Crippen LogP contribution in [0.5, 0.6) is 0 Å². The first kappa shape index (κ1) is 34.6. The molecule has 0 heterocycles. The van der Waals surface area contributed by atoms with Gasteiger partial charge in [0.1, 0.15) is 0 Å². The molecule has 2 unspecified atom stereocenters. The van der Waals surface area contributed by atoms with Crippen molar-refractivity contribution in [3.05, 3.63) is 131 Å². The highest BCUT2D eigenvalue weighted by Crippen LogP contribution is 2.29. The molecule has 0 fully saturated rings. The fraction of sp³-hybridized carbons (Fsp3) is 0.316. The van der Waals surface area contributed by atoms with Crippen molar-refractivity contribution in [1.82, 2.24) is 0 Å². The highest BCUT2D eigenvalue weighted by atomic mass is 35.5. The molecular formula is C38H45ClN2O3. The lowest BCUT2D eigenvalue weighted by Gasteiger charge is -2.20. The first-order valence-corrected chi connectivity index (χ1v) is 15.4. The van der Waals surface area contributed by atoms with E-state index in [1.807, 2.05) is 151 Å². The minimum Gasteiger partial charge on any atom is -0.388 e. The van der Waals surface area contributed by atoms with E-state index in [1.54, 1.807) is 0 Å². The average molecular weight is 613 g/mol. The zero-order valence-corrected chi connectivity index (χ0v) is 27.4. The van der Waals surface area contributed by atoms with Gasteiger partial charge in [-0.05, 0) is 40.8 Å². The van der Waals surface area contributed by atoms with Crippen LogP contribution in [-0.2, 0) is 22.4 Å². The lowest BCUT2D eigenvalue weighted by molar-refractivity contribution is -0.123. The third-order valence-electron chi connectivity index (χ3n) is 7.05. The molecule has 5 nitrogen and oxygen atoms in total. The molecule has 4 aromatic carbocycles. The summed E-state index contributed by atoms with van der Waals surface area (Å²) < 4.78 is 0. The maximum Gasteiger partial charge on any atom is 0.229 e. The summed E-state index contributed by atoms with van der Waals surface area (Å²) in [5, 5.41) is 16.2. The van der Waals surface area contributed by atoms with Crippen LogP contribution in [0.2, 0.25) is 0 Å². The Labute approximate surface area is 267 Å². The predicted octanol–water partition coefficient (Wildman–Crippen LogP) is 9.14. The number of hydrogen-bond acceptors (Lipinski definition) is 3. The van der Waals surface area contributed by atoms with Gasteiger partial charge in [-0.3, -0.25) is 9.59 Å². The van der Waals surface area contributed by atoms with Crippen LogP contribution in [-0.4, -0.2) is 16.9 Å². The van der Waals surface area contributed by atoms with Crippen LogP contribution < -0.4 is 10.6 Å². The molecule has 4 rings (SSSR count). The minimum absolute atomic E-state index is 0.00536. The summed E-state index contributed by atoms with van der Waals surface area (Å²) in [4.78, 5) is 24.4. The number of benzene rings is 4. The Bertz CT molecular complexity index is 1380. The normalized spacial score (nSPS) is 12.7. The first-order chi connectivity index (χ1) is 20.8. The molecular weight excluding hydrogens is 568 g/mol. The Morgan fingerprint density at radius 3 is 1.39 bits per heavy atom. The van der Waals surface area contributed by atoms with Crippen molar-refractivity contribution in [1.29, 1.82) is 0 Å². The van der Waals surface area contributed by atoms with E-state index < -0.39 is 16.9 Å².